The Morgan fingerprint density at radius 2 is 2.05 bits per heavy atom. The number of nitriles is 1. The summed E-state index contributed by atoms with van der Waals surface area (Å²) in [6.45, 7) is 2.64. The number of rotatable bonds is 5. The predicted octanol–water partition coefficient (Wildman–Crippen LogP) is 2.88. The van der Waals surface area contributed by atoms with Crippen molar-refractivity contribution >= 4 is 5.91 Å². The third kappa shape index (κ3) is 4.63. The largest absolute Gasteiger partial charge is 0.387 e. The van der Waals surface area contributed by atoms with Gasteiger partial charge in [0.2, 0.25) is 0 Å². The van der Waals surface area contributed by atoms with E-state index in [0.717, 1.165) is 12.0 Å². The van der Waals surface area contributed by atoms with Crippen molar-refractivity contribution in [2.45, 2.75) is 45.2 Å². The molecule has 4 heteroatoms. The smallest absolute Gasteiger partial charge is 0.263 e. The minimum Gasteiger partial charge on any atom is -0.387 e. The SMILES string of the molecule is CC1CCCCC1N/C=C(/C#N)C(=O)NCc1ccccc1. The summed E-state index contributed by atoms with van der Waals surface area (Å²) in [5.74, 6) is 0.250. The molecular formula is C18H23N3O. The highest BCUT2D eigenvalue weighted by molar-refractivity contribution is 5.97. The van der Waals surface area contributed by atoms with Gasteiger partial charge in [-0.05, 0) is 24.3 Å². The Labute approximate surface area is 132 Å². The molecule has 1 aromatic rings. The van der Waals surface area contributed by atoms with E-state index in [1.165, 1.54) is 19.3 Å². The molecule has 22 heavy (non-hydrogen) atoms. The minimum absolute atomic E-state index is 0.133. The van der Waals surface area contributed by atoms with Gasteiger partial charge in [-0.1, -0.05) is 50.1 Å². The second-order valence-corrected chi connectivity index (χ2v) is 5.87. The van der Waals surface area contributed by atoms with Gasteiger partial charge >= 0.3 is 0 Å². The average Bonchev–Trinajstić information content (AvgIpc) is 2.56. The van der Waals surface area contributed by atoms with Crippen LogP contribution < -0.4 is 10.6 Å². The van der Waals surface area contributed by atoms with Gasteiger partial charge < -0.3 is 10.6 Å². The zero-order valence-electron chi connectivity index (χ0n) is 13.0. The van der Waals surface area contributed by atoms with Gasteiger partial charge in [-0.2, -0.15) is 5.26 Å². The van der Waals surface area contributed by atoms with Crippen molar-refractivity contribution in [3.8, 4) is 6.07 Å². The molecule has 1 aliphatic rings. The highest BCUT2D eigenvalue weighted by Gasteiger charge is 2.20. The normalized spacial score (nSPS) is 21.7. The molecule has 0 aliphatic heterocycles. The van der Waals surface area contributed by atoms with E-state index in [1.54, 1.807) is 6.20 Å². The van der Waals surface area contributed by atoms with Gasteiger partial charge in [0, 0.05) is 18.8 Å². The molecule has 0 saturated heterocycles. The Morgan fingerprint density at radius 3 is 2.73 bits per heavy atom. The maximum absolute atomic E-state index is 12.1. The Hall–Kier alpha value is -2.28. The van der Waals surface area contributed by atoms with E-state index in [1.807, 2.05) is 36.4 Å². The van der Waals surface area contributed by atoms with Crippen molar-refractivity contribution in [1.29, 1.82) is 5.26 Å². The average molecular weight is 297 g/mol. The van der Waals surface area contributed by atoms with Crippen LogP contribution in [-0.4, -0.2) is 11.9 Å². The standard InChI is InChI=1S/C18H23N3O/c1-14-7-5-6-10-17(14)20-13-16(11-19)18(22)21-12-15-8-3-2-4-9-15/h2-4,8-9,13-14,17,20H,5-7,10,12H2,1H3,(H,21,22)/b16-13-. The van der Waals surface area contributed by atoms with E-state index >= 15 is 0 Å². The van der Waals surface area contributed by atoms with Crippen LogP contribution in [0.3, 0.4) is 0 Å². The fourth-order valence-electron chi connectivity index (χ4n) is 2.78. The molecule has 116 valence electrons. The molecule has 2 atom stereocenters. The number of carbonyl (C=O) groups is 1. The van der Waals surface area contributed by atoms with Gasteiger partial charge in [0.05, 0.1) is 0 Å². The third-order valence-corrected chi connectivity index (χ3v) is 4.21. The van der Waals surface area contributed by atoms with Crippen LogP contribution in [0.2, 0.25) is 0 Å². The number of benzene rings is 1. The molecule has 0 spiro atoms. The second kappa shape index (κ2) is 8.23. The molecule has 0 aromatic heterocycles. The molecule has 4 nitrogen and oxygen atoms in total. The zero-order chi connectivity index (χ0) is 15.8. The van der Waals surface area contributed by atoms with Crippen molar-refractivity contribution < 1.29 is 4.79 Å². The maximum Gasteiger partial charge on any atom is 0.263 e. The lowest BCUT2D eigenvalue weighted by molar-refractivity contribution is -0.117. The first-order valence-electron chi connectivity index (χ1n) is 7.89. The summed E-state index contributed by atoms with van der Waals surface area (Å²) >= 11 is 0. The van der Waals surface area contributed by atoms with E-state index in [0.29, 0.717) is 18.5 Å². The summed E-state index contributed by atoms with van der Waals surface area (Å²) in [6.07, 6.45) is 6.35. The van der Waals surface area contributed by atoms with Crippen molar-refractivity contribution in [3.05, 3.63) is 47.7 Å². The third-order valence-electron chi connectivity index (χ3n) is 4.21. The molecular weight excluding hydrogens is 274 g/mol. The van der Waals surface area contributed by atoms with Gasteiger partial charge in [0.1, 0.15) is 11.6 Å². The molecule has 0 bridgehead atoms. The maximum atomic E-state index is 12.1. The van der Waals surface area contributed by atoms with E-state index in [9.17, 15) is 4.79 Å². The number of nitrogens with zero attached hydrogens (tertiary/aromatic N) is 1. The van der Waals surface area contributed by atoms with Crippen molar-refractivity contribution in [3.63, 3.8) is 0 Å². The molecule has 0 radical (unpaired) electrons. The van der Waals surface area contributed by atoms with E-state index in [4.69, 9.17) is 5.26 Å². The quantitative estimate of drug-likeness (QED) is 0.649. The van der Waals surface area contributed by atoms with Crippen LogP contribution in [0.1, 0.15) is 38.2 Å². The fourth-order valence-corrected chi connectivity index (χ4v) is 2.78. The van der Waals surface area contributed by atoms with Crippen molar-refractivity contribution in [1.82, 2.24) is 10.6 Å². The van der Waals surface area contributed by atoms with Crippen LogP contribution in [0.15, 0.2) is 42.1 Å². The first-order valence-corrected chi connectivity index (χ1v) is 7.89. The van der Waals surface area contributed by atoms with Crippen molar-refractivity contribution in [2.24, 2.45) is 5.92 Å². The Balaban J connectivity index is 1.88. The Morgan fingerprint density at radius 1 is 1.32 bits per heavy atom. The number of hydrogen-bond donors (Lipinski definition) is 2. The van der Waals surface area contributed by atoms with Crippen LogP contribution in [0, 0.1) is 17.2 Å². The lowest BCUT2D eigenvalue weighted by Crippen LogP contribution is -2.35. The Kier molecular flexibility index (Phi) is 6.02. The van der Waals surface area contributed by atoms with Gasteiger partial charge in [0.15, 0.2) is 0 Å². The lowest BCUT2D eigenvalue weighted by atomic mass is 9.86. The van der Waals surface area contributed by atoms with E-state index < -0.39 is 0 Å². The van der Waals surface area contributed by atoms with Gasteiger partial charge in [-0.25, -0.2) is 0 Å². The number of hydrogen-bond acceptors (Lipinski definition) is 3. The van der Waals surface area contributed by atoms with Crippen LogP contribution in [0.5, 0.6) is 0 Å². The molecule has 2 rings (SSSR count). The summed E-state index contributed by atoms with van der Waals surface area (Å²) in [6, 6.07) is 12.0. The van der Waals surface area contributed by atoms with E-state index in [2.05, 4.69) is 17.6 Å². The predicted molar refractivity (Wildman–Crippen MR) is 86.5 cm³/mol. The molecule has 1 saturated carbocycles. The summed E-state index contributed by atoms with van der Waals surface area (Å²) < 4.78 is 0. The Bertz CT molecular complexity index is 559. The van der Waals surface area contributed by atoms with Gasteiger partial charge in [-0.15, -0.1) is 0 Å². The molecule has 1 fully saturated rings. The summed E-state index contributed by atoms with van der Waals surface area (Å²) in [5, 5.41) is 15.2. The van der Waals surface area contributed by atoms with Gasteiger partial charge in [-0.3, -0.25) is 4.79 Å². The summed E-state index contributed by atoms with van der Waals surface area (Å²) in [7, 11) is 0. The summed E-state index contributed by atoms with van der Waals surface area (Å²) in [4.78, 5) is 12.1. The topological polar surface area (TPSA) is 64.9 Å². The molecule has 1 aliphatic carbocycles. The molecule has 0 heterocycles. The van der Waals surface area contributed by atoms with Crippen molar-refractivity contribution in [2.75, 3.05) is 0 Å². The summed E-state index contributed by atoms with van der Waals surface area (Å²) in [5.41, 5.74) is 1.15. The second-order valence-electron chi connectivity index (χ2n) is 5.87. The van der Waals surface area contributed by atoms with Crippen LogP contribution in [0.4, 0.5) is 0 Å². The molecule has 2 unspecified atom stereocenters. The first kappa shape index (κ1) is 16.1. The van der Waals surface area contributed by atoms with E-state index in [-0.39, 0.29) is 11.5 Å². The number of carbonyl (C=O) groups excluding carboxylic acids is 1. The fraction of sp³-hybridized carbons (Fsp3) is 0.444. The lowest BCUT2D eigenvalue weighted by Gasteiger charge is -2.29. The van der Waals surface area contributed by atoms with Crippen LogP contribution in [0.25, 0.3) is 0 Å². The highest BCUT2D eigenvalue weighted by Crippen LogP contribution is 2.23. The molecule has 1 amide bonds. The number of amides is 1. The highest BCUT2D eigenvalue weighted by atomic mass is 16.1. The number of nitrogens with one attached hydrogen (secondary N) is 2. The zero-order valence-corrected chi connectivity index (χ0v) is 13.0. The minimum atomic E-state index is -0.331. The molecule has 2 N–H and O–H groups in total. The van der Waals surface area contributed by atoms with Crippen LogP contribution in [-0.2, 0) is 11.3 Å². The molecule has 1 aromatic carbocycles. The van der Waals surface area contributed by atoms with Gasteiger partial charge in [0.25, 0.3) is 5.91 Å². The monoisotopic (exact) mass is 297 g/mol. The van der Waals surface area contributed by atoms with Crippen LogP contribution >= 0.6 is 0 Å². The first-order chi connectivity index (χ1) is 10.7.